The Balaban J connectivity index is 1.51. The topological polar surface area (TPSA) is 45.3 Å². The van der Waals surface area contributed by atoms with Gasteiger partial charge in [-0.3, -0.25) is 4.79 Å². The standard InChI is InChI=1S/C21H21FN2O2/c1-26-19-8-4-6-15-16-13-24(12-11-18(16)23-21(15)19)20(25)10-9-14-5-2-3-7-17(14)22/h2-8,23H,9-13H2,1H3. The van der Waals surface area contributed by atoms with Crippen molar-refractivity contribution in [1.82, 2.24) is 9.88 Å². The number of hydrogen-bond acceptors (Lipinski definition) is 2. The van der Waals surface area contributed by atoms with Crippen molar-refractivity contribution in [3.63, 3.8) is 0 Å². The molecule has 2 heterocycles. The lowest BCUT2D eigenvalue weighted by atomic mass is 10.0. The third-order valence-electron chi connectivity index (χ3n) is 5.11. The molecule has 0 saturated carbocycles. The van der Waals surface area contributed by atoms with Crippen LogP contribution in [-0.4, -0.2) is 29.4 Å². The highest BCUT2D eigenvalue weighted by Gasteiger charge is 2.24. The largest absolute Gasteiger partial charge is 0.495 e. The van der Waals surface area contributed by atoms with Gasteiger partial charge in [0.15, 0.2) is 0 Å². The van der Waals surface area contributed by atoms with E-state index in [-0.39, 0.29) is 11.7 Å². The molecule has 0 bridgehead atoms. The fourth-order valence-electron chi connectivity index (χ4n) is 3.69. The van der Waals surface area contributed by atoms with E-state index in [4.69, 9.17) is 4.74 Å². The molecule has 0 aliphatic carbocycles. The lowest BCUT2D eigenvalue weighted by Crippen LogP contribution is -2.35. The van der Waals surface area contributed by atoms with E-state index in [2.05, 4.69) is 11.1 Å². The summed E-state index contributed by atoms with van der Waals surface area (Å²) in [6.07, 6.45) is 1.54. The number of nitrogens with one attached hydrogen (secondary N) is 1. The molecule has 4 rings (SSSR count). The number of methoxy groups -OCH3 is 1. The van der Waals surface area contributed by atoms with E-state index in [9.17, 15) is 9.18 Å². The maximum absolute atomic E-state index is 13.7. The molecule has 1 aliphatic heterocycles. The van der Waals surface area contributed by atoms with E-state index in [1.165, 1.54) is 11.8 Å². The number of hydrogen-bond donors (Lipinski definition) is 1. The highest BCUT2D eigenvalue weighted by atomic mass is 19.1. The Morgan fingerprint density at radius 2 is 2.08 bits per heavy atom. The summed E-state index contributed by atoms with van der Waals surface area (Å²) in [5, 5.41) is 1.10. The van der Waals surface area contributed by atoms with Crippen molar-refractivity contribution < 1.29 is 13.9 Å². The number of para-hydroxylation sites is 1. The van der Waals surface area contributed by atoms with Crippen molar-refractivity contribution in [2.24, 2.45) is 0 Å². The van der Waals surface area contributed by atoms with Crippen LogP contribution in [0.3, 0.4) is 0 Å². The predicted molar refractivity (Wildman–Crippen MR) is 98.7 cm³/mol. The Bertz CT molecular complexity index is 964. The molecular formula is C21H21FN2O2. The van der Waals surface area contributed by atoms with E-state index in [0.29, 0.717) is 31.5 Å². The molecule has 5 heteroatoms. The second-order valence-corrected chi connectivity index (χ2v) is 6.62. The lowest BCUT2D eigenvalue weighted by Gasteiger charge is -2.27. The molecule has 0 saturated heterocycles. The van der Waals surface area contributed by atoms with Crippen LogP contribution in [0.4, 0.5) is 4.39 Å². The number of carbonyl (C=O) groups excluding carboxylic acids is 1. The number of aryl methyl sites for hydroxylation is 1. The number of amides is 1. The van der Waals surface area contributed by atoms with Gasteiger partial charge in [-0.05, 0) is 24.1 Å². The lowest BCUT2D eigenvalue weighted by molar-refractivity contribution is -0.132. The molecule has 1 aromatic heterocycles. The Morgan fingerprint density at radius 3 is 2.88 bits per heavy atom. The first kappa shape index (κ1) is 16.6. The van der Waals surface area contributed by atoms with Gasteiger partial charge in [0.1, 0.15) is 11.6 Å². The molecular weight excluding hydrogens is 331 g/mol. The zero-order valence-corrected chi connectivity index (χ0v) is 14.7. The number of rotatable bonds is 4. The molecule has 1 amide bonds. The average Bonchev–Trinajstić information content (AvgIpc) is 3.05. The molecule has 134 valence electrons. The first-order valence-corrected chi connectivity index (χ1v) is 8.85. The van der Waals surface area contributed by atoms with Gasteiger partial charge in [-0.25, -0.2) is 4.39 Å². The Labute approximate surface area is 151 Å². The van der Waals surface area contributed by atoms with Crippen LogP contribution in [0.25, 0.3) is 10.9 Å². The average molecular weight is 352 g/mol. The van der Waals surface area contributed by atoms with Crippen LogP contribution in [0.1, 0.15) is 23.2 Å². The number of fused-ring (bicyclic) bond motifs is 3. The number of nitrogens with zero attached hydrogens (tertiary/aromatic N) is 1. The molecule has 2 aromatic carbocycles. The molecule has 1 N–H and O–H groups in total. The second kappa shape index (κ2) is 6.83. The number of aromatic nitrogens is 1. The smallest absolute Gasteiger partial charge is 0.223 e. The Hall–Kier alpha value is -2.82. The SMILES string of the molecule is COc1cccc2c3c([nH]c12)CCN(C(=O)CCc1ccccc1F)C3. The molecule has 3 aromatic rings. The summed E-state index contributed by atoms with van der Waals surface area (Å²) in [4.78, 5) is 18.0. The van der Waals surface area contributed by atoms with Crippen LogP contribution in [0.15, 0.2) is 42.5 Å². The minimum absolute atomic E-state index is 0.0659. The van der Waals surface area contributed by atoms with Gasteiger partial charge < -0.3 is 14.6 Å². The van der Waals surface area contributed by atoms with Gasteiger partial charge in [0, 0.05) is 42.6 Å². The van der Waals surface area contributed by atoms with Gasteiger partial charge in [0.05, 0.1) is 12.6 Å². The highest BCUT2D eigenvalue weighted by Crippen LogP contribution is 2.33. The van der Waals surface area contributed by atoms with Crippen LogP contribution in [0.5, 0.6) is 5.75 Å². The summed E-state index contributed by atoms with van der Waals surface area (Å²) < 4.78 is 19.2. The molecule has 4 nitrogen and oxygen atoms in total. The fraction of sp³-hybridized carbons (Fsp3) is 0.286. The van der Waals surface area contributed by atoms with Crippen LogP contribution < -0.4 is 4.74 Å². The predicted octanol–water partition coefficient (Wildman–Crippen LogP) is 3.83. The summed E-state index contributed by atoms with van der Waals surface area (Å²) >= 11 is 0. The molecule has 0 fully saturated rings. The maximum Gasteiger partial charge on any atom is 0.223 e. The molecule has 0 atom stereocenters. The van der Waals surface area contributed by atoms with Crippen molar-refractivity contribution in [3.8, 4) is 5.75 Å². The minimum Gasteiger partial charge on any atom is -0.495 e. The van der Waals surface area contributed by atoms with E-state index < -0.39 is 0 Å². The van der Waals surface area contributed by atoms with Crippen LogP contribution in [0, 0.1) is 5.82 Å². The summed E-state index contributed by atoms with van der Waals surface area (Å²) in [7, 11) is 1.66. The normalized spacial score (nSPS) is 13.7. The summed E-state index contributed by atoms with van der Waals surface area (Å²) in [6, 6.07) is 12.6. The summed E-state index contributed by atoms with van der Waals surface area (Å²) in [5.74, 6) is 0.635. The van der Waals surface area contributed by atoms with Gasteiger partial charge >= 0.3 is 0 Å². The third-order valence-corrected chi connectivity index (χ3v) is 5.11. The van der Waals surface area contributed by atoms with Gasteiger partial charge in [-0.2, -0.15) is 0 Å². The highest BCUT2D eigenvalue weighted by molar-refractivity contribution is 5.90. The molecule has 0 spiro atoms. The Kier molecular flexibility index (Phi) is 4.37. The molecule has 0 unspecified atom stereocenters. The number of halogens is 1. The zero-order valence-electron chi connectivity index (χ0n) is 14.7. The van der Waals surface area contributed by atoms with Gasteiger partial charge in [-0.15, -0.1) is 0 Å². The number of ether oxygens (including phenoxy) is 1. The monoisotopic (exact) mass is 352 g/mol. The van der Waals surface area contributed by atoms with Crippen molar-refractivity contribution in [2.45, 2.75) is 25.8 Å². The quantitative estimate of drug-likeness (QED) is 0.776. The van der Waals surface area contributed by atoms with E-state index in [1.807, 2.05) is 17.0 Å². The number of carbonyl (C=O) groups is 1. The number of benzene rings is 2. The summed E-state index contributed by atoms with van der Waals surface area (Å²) in [6.45, 7) is 1.26. The second-order valence-electron chi connectivity index (χ2n) is 6.62. The van der Waals surface area contributed by atoms with Crippen molar-refractivity contribution >= 4 is 16.8 Å². The van der Waals surface area contributed by atoms with Crippen LogP contribution in [0.2, 0.25) is 0 Å². The first-order chi connectivity index (χ1) is 12.7. The molecule has 1 aliphatic rings. The fourth-order valence-corrected chi connectivity index (χ4v) is 3.69. The molecule has 26 heavy (non-hydrogen) atoms. The third kappa shape index (κ3) is 2.94. The van der Waals surface area contributed by atoms with Gasteiger partial charge in [0.2, 0.25) is 5.91 Å². The Morgan fingerprint density at radius 1 is 1.23 bits per heavy atom. The van der Waals surface area contributed by atoms with Gasteiger partial charge in [-0.1, -0.05) is 30.3 Å². The number of H-pyrrole nitrogens is 1. The first-order valence-electron chi connectivity index (χ1n) is 8.85. The zero-order chi connectivity index (χ0) is 18.1. The maximum atomic E-state index is 13.7. The van der Waals surface area contributed by atoms with E-state index in [0.717, 1.165) is 28.6 Å². The summed E-state index contributed by atoms with van der Waals surface area (Å²) in [5.41, 5.74) is 3.91. The molecule has 0 radical (unpaired) electrons. The van der Waals surface area contributed by atoms with Crippen molar-refractivity contribution in [1.29, 1.82) is 0 Å². The van der Waals surface area contributed by atoms with Gasteiger partial charge in [0.25, 0.3) is 0 Å². The minimum atomic E-state index is -0.245. The van der Waals surface area contributed by atoms with E-state index >= 15 is 0 Å². The van der Waals surface area contributed by atoms with Crippen LogP contribution >= 0.6 is 0 Å². The van der Waals surface area contributed by atoms with Crippen molar-refractivity contribution in [3.05, 3.63) is 65.1 Å². The van der Waals surface area contributed by atoms with E-state index in [1.54, 1.807) is 25.3 Å². The number of aromatic amines is 1. The van der Waals surface area contributed by atoms with Crippen LogP contribution in [-0.2, 0) is 24.2 Å². The van der Waals surface area contributed by atoms with Crippen molar-refractivity contribution in [2.75, 3.05) is 13.7 Å².